The molecule has 1 aromatic carbocycles. The molecular formula is C25H31N3O3. The predicted octanol–water partition coefficient (Wildman–Crippen LogP) is 4.96. The lowest BCUT2D eigenvalue weighted by Gasteiger charge is -2.35. The van der Waals surface area contributed by atoms with E-state index in [9.17, 15) is 4.79 Å². The van der Waals surface area contributed by atoms with Crippen LogP contribution in [-0.2, 0) is 0 Å². The number of hydrogen-bond donors (Lipinski definition) is 1. The van der Waals surface area contributed by atoms with Gasteiger partial charge in [0, 0.05) is 18.8 Å². The zero-order valence-electron chi connectivity index (χ0n) is 18.4. The van der Waals surface area contributed by atoms with E-state index in [1.165, 1.54) is 32.1 Å². The molecule has 1 aromatic heterocycles. The molecule has 6 heteroatoms. The maximum atomic E-state index is 13.2. The summed E-state index contributed by atoms with van der Waals surface area (Å²) in [5, 5.41) is 2.97. The zero-order valence-corrected chi connectivity index (χ0v) is 18.4. The lowest BCUT2D eigenvalue weighted by molar-refractivity contribution is 0.102. The molecular weight excluding hydrogens is 390 g/mol. The largest absolute Gasteiger partial charge is 0.491 e. The van der Waals surface area contributed by atoms with Crippen molar-refractivity contribution in [2.75, 3.05) is 30.4 Å². The molecule has 0 bridgehead atoms. The van der Waals surface area contributed by atoms with Gasteiger partial charge in [-0.3, -0.25) is 4.79 Å². The van der Waals surface area contributed by atoms with Gasteiger partial charge in [0.25, 0.3) is 11.8 Å². The van der Waals surface area contributed by atoms with Crippen molar-refractivity contribution in [3.63, 3.8) is 0 Å². The van der Waals surface area contributed by atoms with Crippen molar-refractivity contribution in [2.24, 2.45) is 5.41 Å². The molecule has 0 radical (unpaired) electrons. The van der Waals surface area contributed by atoms with Gasteiger partial charge in [-0.15, -0.1) is 0 Å². The van der Waals surface area contributed by atoms with Crippen molar-refractivity contribution in [2.45, 2.75) is 58.0 Å². The summed E-state index contributed by atoms with van der Waals surface area (Å²) in [5.41, 5.74) is 3.48. The molecule has 1 N–H and O–H groups in total. The van der Waals surface area contributed by atoms with Gasteiger partial charge in [-0.05, 0) is 87.1 Å². The van der Waals surface area contributed by atoms with Crippen molar-refractivity contribution >= 4 is 17.4 Å². The second-order valence-electron chi connectivity index (χ2n) is 9.34. The van der Waals surface area contributed by atoms with E-state index in [4.69, 9.17) is 9.47 Å². The number of methoxy groups -OCH3 is 1. The standard InChI is InChI=1S/C25H31N3O3/c1-17-6-7-19(20(16-17)28-14-12-25(10-11-25)13-15-28)23(29)26-22-9-8-21(30-2)24(27-22)31-18-4-3-5-18/h6-9,16,18H,3-5,10-15H2,1-2H3,(H,26,27,29). The highest BCUT2D eigenvalue weighted by atomic mass is 16.5. The first-order valence-electron chi connectivity index (χ1n) is 11.4. The molecule has 1 saturated heterocycles. The average Bonchev–Trinajstić information content (AvgIpc) is 3.50. The molecule has 3 fully saturated rings. The SMILES string of the molecule is COc1ccc(NC(=O)c2ccc(C)cc2N2CCC3(CC2)CC3)nc1OC1CCC1. The average molecular weight is 422 g/mol. The number of benzene rings is 1. The highest BCUT2D eigenvalue weighted by molar-refractivity contribution is 6.08. The predicted molar refractivity (Wildman–Crippen MR) is 121 cm³/mol. The number of nitrogens with one attached hydrogen (secondary N) is 1. The second-order valence-corrected chi connectivity index (χ2v) is 9.34. The van der Waals surface area contributed by atoms with Crippen molar-refractivity contribution in [1.29, 1.82) is 0 Å². The van der Waals surface area contributed by atoms with Crippen LogP contribution in [0.25, 0.3) is 0 Å². The number of carbonyl (C=O) groups excluding carboxylic acids is 1. The number of aromatic nitrogens is 1. The van der Waals surface area contributed by atoms with E-state index in [-0.39, 0.29) is 12.0 Å². The fraction of sp³-hybridized carbons (Fsp3) is 0.520. The van der Waals surface area contributed by atoms with E-state index in [2.05, 4.69) is 28.2 Å². The van der Waals surface area contributed by atoms with E-state index in [0.29, 0.717) is 28.4 Å². The quantitative estimate of drug-likeness (QED) is 0.714. The fourth-order valence-electron chi connectivity index (χ4n) is 4.56. The Morgan fingerprint density at radius 1 is 1.13 bits per heavy atom. The van der Waals surface area contributed by atoms with Crippen LogP contribution >= 0.6 is 0 Å². The molecule has 1 amide bonds. The molecule has 31 heavy (non-hydrogen) atoms. The minimum Gasteiger partial charge on any atom is -0.491 e. The highest BCUT2D eigenvalue weighted by Gasteiger charge is 2.44. The Hall–Kier alpha value is -2.76. The van der Waals surface area contributed by atoms with Crippen molar-refractivity contribution in [3.8, 4) is 11.6 Å². The first kappa shape index (κ1) is 20.2. The molecule has 0 atom stereocenters. The fourth-order valence-corrected chi connectivity index (χ4v) is 4.56. The Bertz CT molecular complexity index is 972. The number of hydrogen-bond acceptors (Lipinski definition) is 5. The van der Waals surface area contributed by atoms with Crippen molar-refractivity contribution in [1.82, 2.24) is 4.98 Å². The summed E-state index contributed by atoms with van der Waals surface area (Å²) in [7, 11) is 1.60. The van der Waals surface area contributed by atoms with Gasteiger partial charge in [-0.25, -0.2) is 0 Å². The number of amides is 1. The lowest BCUT2D eigenvalue weighted by atomic mass is 9.92. The monoisotopic (exact) mass is 421 g/mol. The van der Waals surface area contributed by atoms with Crippen LogP contribution in [0.1, 0.15) is 60.9 Å². The van der Waals surface area contributed by atoms with Crippen molar-refractivity contribution < 1.29 is 14.3 Å². The van der Waals surface area contributed by atoms with Crippen LogP contribution in [0.4, 0.5) is 11.5 Å². The Morgan fingerprint density at radius 3 is 2.55 bits per heavy atom. The Balaban J connectivity index is 1.35. The van der Waals surface area contributed by atoms with Gasteiger partial charge in [0.05, 0.1) is 12.7 Å². The molecule has 0 unspecified atom stereocenters. The summed E-state index contributed by atoms with van der Waals surface area (Å²) >= 11 is 0. The third kappa shape index (κ3) is 4.21. The molecule has 3 aliphatic rings. The molecule has 1 aliphatic heterocycles. The number of anilines is 2. The summed E-state index contributed by atoms with van der Waals surface area (Å²) < 4.78 is 11.4. The molecule has 2 aromatic rings. The van der Waals surface area contributed by atoms with Gasteiger partial charge >= 0.3 is 0 Å². The normalized spacial score (nSPS) is 19.6. The van der Waals surface area contributed by atoms with E-state index in [1.54, 1.807) is 19.2 Å². The number of piperidine rings is 1. The van der Waals surface area contributed by atoms with Crippen LogP contribution < -0.4 is 19.7 Å². The maximum Gasteiger partial charge on any atom is 0.259 e. The molecule has 2 aliphatic carbocycles. The molecule has 5 rings (SSSR count). The van der Waals surface area contributed by atoms with Gasteiger partial charge in [-0.2, -0.15) is 4.98 Å². The first-order chi connectivity index (χ1) is 15.0. The number of aryl methyl sites for hydroxylation is 1. The molecule has 2 saturated carbocycles. The summed E-state index contributed by atoms with van der Waals surface area (Å²) in [6.07, 6.45) is 8.62. The smallest absolute Gasteiger partial charge is 0.259 e. The minimum atomic E-state index is -0.144. The number of pyridine rings is 1. The van der Waals surface area contributed by atoms with Crippen molar-refractivity contribution in [3.05, 3.63) is 41.5 Å². The van der Waals surface area contributed by atoms with E-state index < -0.39 is 0 Å². The zero-order chi connectivity index (χ0) is 21.4. The second kappa shape index (κ2) is 8.06. The van der Waals surface area contributed by atoms with E-state index >= 15 is 0 Å². The minimum absolute atomic E-state index is 0.144. The summed E-state index contributed by atoms with van der Waals surface area (Å²) in [6.45, 7) is 4.11. The summed E-state index contributed by atoms with van der Waals surface area (Å²) in [6, 6.07) is 9.61. The molecule has 6 nitrogen and oxygen atoms in total. The maximum absolute atomic E-state index is 13.2. The molecule has 164 valence electrons. The van der Waals surface area contributed by atoms with Crippen LogP contribution in [0.5, 0.6) is 11.6 Å². The Morgan fingerprint density at radius 2 is 1.90 bits per heavy atom. The van der Waals surface area contributed by atoms with Crippen LogP contribution in [0, 0.1) is 12.3 Å². The highest BCUT2D eigenvalue weighted by Crippen LogP contribution is 2.54. The topological polar surface area (TPSA) is 63.7 Å². The Kier molecular flexibility index (Phi) is 5.24. The number of carbonyl (C=O) groups is 1. The van der Waals surface area contributed by atoms with Crippen LogP contribution in [0.3, 0.4) is 0 Å². The first-order valence-corrected chi connectivity index (χ1v) is 11.4. The Labute approximate surface area is 183 Å². The molecule has 1 spiro atoms. The number of ether oxygens (including phenoxy) is 2. The van der Waals surface area contributed by atoms with E-state index in [1.807, 2.05) is 12.1 Å². The van der Waals surface area contributed by atoms with Crippen LogP contribution in [0.15, 0.2) is 30.3 Å². The number of nitrogens with zero attached hydrogens (tertiary/aromatic N) is 2. The van der Waals surface area contributed by atoms with Crippen LogP contribution in [0.2, 0.25) is 0 Å². The van der Waals surface area contributed by atoms with Gasteiger partial charge in [0.1, 0.15) is 11.9 Å². The van der Waals surface area contributed by atoms with Gasteiger partial charge in [0.2, 0.25) is 0 Å². The van der Waals surface area contributed by atoms with Crippen LogP contribution in [-0.4, -0.2) is 37.2 Å². The third-order valence-corrected chi connectivity index (χ3v) is 7.14. The molecule has 2 heterocycles. The summed E-state index contributed by atoms with van der Waals surface area (Å²) in [4.78, 5) is 20.1. The van der Waals surface area contributed by atoms with Gasteiger partial charge in [-0.1, -0.05) is 6.07 Å². The van der Waals surface area contributed by atoms with Gasteiger partial charge in [0.15, 0.2) is 5.75 Å². The lowest BCUT2D eigenvalue weighted by Crippen LogP contribution is -2.35. The third-order valence-electron chi connectivity index (χ3n) is 7.14. The number of rotatable bonds is 6. The van der Waals surface area contributed by atoms with Gasteiger partial charge < -0.3 is 19.7 Å². The summed E-state index contributed by atoms with van der Waals surface area (Å²) in [5.74, 6) is 1.36. The van der Waals surface area contributed by atoms with E-state index in [0.717, 1.165) is 37.2 Å².